The van der Waals surface area contributed by atoms with Crippen molar-refractivity contribution in [2.45, 2.75) is 26.2 Å². The fourth-order valence-electron chi connectivity index (χ4n) is 1.56. The highest BCUT2D eigenvalue weighted by Crippen LogP contribution is 2.10. The van der Waals surface area contributed by atoms with Gasteiger partial charge in [0.15, 0.2) is 11.7 Å². The molecule has 0 aliphatic carbocycles. The second-order valence-electron chi connectivity index (χ2n) is 4.56. The summed E-state index contributed by atoms with van der Waals surface area (Å²) in [5.41, 5.74) is 5.60. The molecule has 0 unspecified atom stereocenters. The first kappa shape index (κ1) is 17.7. The molecule has 1 aromatic carbocycles. The van der Waals surface area contributed by atoms with Gasteiger partial charge in [0.2, 0.25) is 0 Å². The van der Waals surface area contributed by atoms with E-state index in [9.17, 15) is 4.79 Å². The summed E-state index contributed by atoms with van der Waals surface area (Å²) in [6.07, 6.45) is 3.32. The number of ether oxygens (including phenoxy) is 1. The second kappa shape index (κ2) is 10.4. The Kier molecular flexibility index (Phi) is 8.38. The maximum Gasteiger partial charge on any atom is 0.276 e. The van der Waals surface area contributed by atoms with Crippen molar-refractivity contribution >= 4 is 23.2 Å². The van der Waals surface area contributed by atoms with Crippen molar-refractivity contribution in [2.75, 3.05) is 13.2 Å². The maximum absolute atomic E-state index is 11.6. The van der Waals surface area contributed by atoms with Gasteiger partial charge in [-0.15, -0.1) is 0 Å². The summed E-state index contributed by atoms with van der Waals surface area (Å²) in [7, 11) is 0. The number of rotatable bonds is 7. The van der Waals surface area contributed by atoms with E-state index in [-0.39, 0.29) is 12.5 Å². The largest absolute Gasteiger partial charge is 0.484 e. The Hall–Kier alpha value is -2.33. The van der Waals surface area contributed by atoms with Crippen LogP contribution in [0.5, 0.6) is 5.75 Å². The van der Waals surface area contributed by atoms with Crippen LogP contribution in [0.4, 0.5) is 0 Å². The molecule has 7 heteroatoms. The number of hydrogen-bond acceptors (Lipinski definition) is 4. The molecule has 0 aliphatic heterocycles. The van der Waals surface area contributed by atoms with Gasteiger partial charge in [-0.05, 0) is 42.9 Å². The Morgan fingerprint density at radius 1 is 1.27 bits per heavy atom. The van der Waals surface area contributed by atoms with E-state index >= 15 is 0 Å². The van der Waals surface area contributed by atoms with Gasteiger partial charge < -0.3 is 10.1 Å². The van der Waals surface area contributed by atoms with E-state index in [2.05, 4.69) is 23.1 Å². The molecule has 1 amide bonds. The zero-order chi connectivity index (χ0) is 16.2. The molecule has 6 nitrogen and oxygen atoms in total. The number of carbonyl (C=O) groups is 1. The minimum absolute atomic E-state index is 0.142. The molecule has 0 bridgehead atoms. The predicted octanol–water partition coefficient (Wildman–Crippen LogP) is 1.62. The fraction of sp³-hybridized carbons (Fsp3) is 0.400. The number of amides is 1. The van der Waals surface area contributed by atoms with Crippen LogP contribution in [0, 0.1) is 11.3 Å². The molecular formula is C15H20N4O2S. The lowest BCUT2D eigenvalue weighted by Crippen LogP contribution is -2.48. The van der Waals surface area contributed by atoms with E-state index in [4.69, 9.17) is 22.2 Å². The Morgan fingerprint density at radius 3 is 2.64 bits per heavy atom. The van der Waals surface area contributed by atoms with E-state index in [1.165, 1.54) is 0 Å². The number of nitrogens with zero attached hydrogens (tertiary/aromatic N) is 1. The normalized spacial score (nSPS) is 9.45. The minimum atomic E-state index is -0.345. The van der Waals surface area contributed by atoms with Gasteiger partial charge in [-0.3, -0.25) is 15.6 Å². The Morgan fingerprint density at radius 2 is 2.00 bits per heavy atom. The molecular weight excluding hydrogens is 300 g/mol. The third kappa shape index (κ3) is 7.45. The van der Waals surface area contributed by atoms with Crippen molar-refractivity contribution in [3.63, 3.8) is 0 Å². The molecule has 3 N–H and O–H groups in total. The molecule has 0 heterocycles. The number of hydrazine groups is 1. The van der Waals surface area contributed by atoms with Crippen LogP contribution < -0.4 is 20.9 Å². The maximum atomic E-state index is 11.6. The monoisotopic (exact) mass is 320 g/mol. The van der Waals surface area contributed by atoms with Gasteiger partial charge in [0, 0.05) is 6.54 Å². The van der Waals surface area contributed by atoms with Crippen molar-refractivity contribution in [1.29, 1.82) is 5.26 Å². The van der Waals surface area contributed by atoms with E-state index in [0.717, 1.165) is 25.8 Å². The van der Waals surface area contributed by atoms with Crippen LogP contribution in [0.3, 0.4) is 0 Å². The molecule has 118 valence electrons. The molecule has 0 radical (unpaired) electrons. The summed E-state index contributed by atoms with van der Waals surface area (Å²) in [4.78, 5) is 11.6. The Balaban J connectivity index is 2.17. The molecule has 1 aromatic rings. The van der Waals surface area contributed by atoms with Gasteiger partial charge in [-0.25, -0.2) is 0 Å². The van der Waals surface area contributed by atoms with Gasteiger partial charge in [0.05, 0.1) is 11.6 Å². The summed E-state index contributed by atoms with van der Waals surface area (Å²) in [6, 6.07) is 8.54. The Labute approximate surface area is 135 Å². The first-order chi connectivity index (χ1) is 10.7. The summed E-state index contributed by atoms with van der Waals surface area (Å²) in [5, 5.41) is 12.0. The van der Waals surface area contributed by atoms with Crippen LogP contribution in [0.25, 0.3) is 0 Å². The molecule has 0 saturated heterocycles. The van der Waals surface area contributed by atoms with Crippen molar-refractivity contribution < 1.29 is 9.53 Å². The highest BCUT2D eigenvalue weighted by molar-refractivity contribution is 7.80. The highest BCUT2D eigenvalue weighted by Gasteiger charge is 2.03. The van der Waals surface area contributed by atoms with Crippen LogP contribution in [-0.2, 0) is 4.79 Å². The van der Waals surface area contributed by atoms with Gasteiger partial charge in [-0.2, -0.15) is 5.26 Å². The lowest BCUT2D eigenvalue weighted by Gasteiger charge is -2.11. The standard InChI is InChI=1S/C15H20N4O2S/c1-2-3-4-9-17-15(22)19-18-14(20)11-21-13-7-5-12(10-16)6-8-13/h5-8H,2-4,9,11H2,1H3,(H,18,20)(H2,17,19,22). The number of hydrogen-bond donors (Lipinski definition) is 3. The van der Waals surface area contributed by atoms with Gasteiger partial charge in [0.1, 0.15) is 5.75 Å². The number of nitriles is 1. The number of thiocarbonyl (C=S) groups is 1. The van der Waals surface area contributed by atoms with E-state index in [1.807, 2.05) is 6.07 Å². The number of nitrogens with one attached hydrogen (secondary N) is 3. The van der Waals surface area contributed by atoms with Crippen molar-refractivity contribution in [3.05, 3.63) is 29.8 Å². The van der Waals surface area contributed by atoms with Crippen molar-refractivity contribution in [3.8, 4) is 11.8 Å². The van der Waals surface area contributed by atoms with Crippen LogP contribution in [0.1, 0.15) is 31.7 Å². The molecule has 1 rings (SSSR count). The number of benzene rings is 1. The van der Waals surface area contributed by atoms with Gasteiger partial charge >= 0.3 is 0 Å². The fourth-order valence-corrected chi connectivity index (χ4v) is 1.71. The molecule has 0 fully saturated rings. The molecule has 0 atom stereocenters. The van der Waals surface area contributed by atoms with Crippen LogP contribution in [0.15, 0.2) is 24.3 Å². The van der Waals surface area contributed by atoms with Crippen LogP contribution >= 0.6 is 12.2 Å². The van der Waals surface area contributed by atoms with E-state index in [1.54, 1.807) is 24.3 Å². The number of carbonyl (C=O) groups excluding carboxylic acids is 1. The highest BCUT2D eigenvalue weighted by atomic mass is 32.1. The summed E-state index contributed by atoms with van der Waals surface area (Å²) in [6.45, 7) is 2.76. The minimum Gasteiger partial charge on any atom is -0.484 e. The van der Waals surface area contributed by atoms with Crippen molar-refractivity contribution in [1.82, 2.24) is 16.2 Å². The predicted molar refractivity (Wildman–Crippen MR) is 88.1 cm³/mol. The lowest BCUT2D eigenvalue weighted by atomic mass is 10.2. The van der Waals surface area contributed by atoms with Gasteiger partial charge in [-0.1, -0.05) is 19.8 Å². The first-order valence-corrected chi connectivity index (χ1v) is 7.52. The average molecular weight is 320 g/mol. The SMILES string of the molecule is CCCCCNC(=S)NNC(=O)COc1ccc(C#N)cc1. The van der Waals surface area contributed by atoms with Crippen LogP contribution in [-0.4, -0.2) is 24.2 Å². The Bertz CT molecular complexity index is 525. The third-order valence-electron chi connectivity index (χ3n) is 2.73. The summed E-state index contributed by atoms with van der Waals surface area (Å²) in [5.74, 6) is 0.177. The third-order valence-corrected chi connectivity index (χ3v) is 2.98. The summed E-state index contributed by atoms with van der Waals surface area (Å²) >= 11 is 5.02. The molecule has 0 aromatic heterocycles. The summed E-state index contributed by atoms with van der Waals surface area (Å²) < 4.78 is 5.29. The van der Waals surface area contributed by atoms with E-state index < -0.39 is 0 Å². The smallest absolute Gasteiger partial charge is 0.276 e. The zero-order valence-electron chi connectivity index (χ0n) is 12.5. The zero-order valence-corrected chi connectivity index (χ0v) is 13.3. The molecule has 22 heavy (non-hydrogen) atoms. The van der Waals surface area contributed by atoms with Gasteiger partial charge in [0.25, 0.3) is 5.91 Å². The molecule has 0 saturated carbocycles. The topological polar surface area (TPSA) is 86.2 Å². The quantitative estimate of drug-likeness (QED) is 0.402. The van der Waals surface area contributed by atoms with E-state index in [0.29, 0.717) is 16.4 Å². The molecule has 0 aliphatic rings. The first-order valence-electron chi connectivity index (χ1n) is 7.11. The van der Waals surface area contributed by atoms with Crippen LogP contribution in [0.2, 0.25) is 0 Å². The second-order valence-corrected chi connectivity index (χ2v) is 4.97. The molecule has 0 spiro atoms. The lowest BCUT2D eigenvalue weighted by molar-refractivity contribution is -0.123. The average Bonchev–Trinajstić information content (AvgIpc) is 2.55. The van der Waals surface area contributed by atoms with Crippen molar-refractivity contribution in [2.24, 2.45) is 0 Å². The number of unbranched alkanes of at least 4 members (excludes halogenated alkanes) is 2.